The molecule has 3 rings (SSSR count). The molecule has 2 nitrogen and oxygen atoms in total. The molecule has 1 aromatic heterocycles. The predicted molar refractivity (Wildman–Crippen MR) is 78.8 cm³/mol. The maximum atomic E-state index is 5.11. The maximum Gasteiger partial charge on any atom is 0.0709 e. The van der Waals surface area contributed by atoms with Crippen LogP contribution in [0.4, 0.5) is 0 Å². The van der Waals surface area contributed by atoms with Crippen LogP contribution in [-0.2, 0) is 0 Å². The summed E-state index contributed by atoms with van der Waals surface area (Å²) in [6, 6.07) is 18.6. The summed E-state index contributed by atoms with van der Waals surface area (Å²) in [5.41, 5.74) is 2.12. The number of hydrogen-bond donors (Lipinski definition) is 0. The first-order valence-corrected chi connectivity index (χ1v) is 6.08. The van der Waals surface area contributed by atoms with E-state index in [1.807, 2.05) is 36.4 Å². The zero-order chi connectivity index (χ0) is 13.0. The first-order chi connectivity index (χ1) is 8.66. The lowest BCUT2D eigenvalue weighted by molar-refractivity contribution is 0.681. The molecule has 0 unspecified atom stereocenters. The fourth-order valence-corrected chi connectivity index (χ4v) is 1.72. The fraction of sp³-hybridized carbons (Fsp3) is 0.133. The highest BCUT2D eigenvalue weighted by Crippen LogP contribution is 2.18. The van der Waals surface area contributed by atoms with Crippen molar-refractivity contribution in [3.8, 4) is 0 Å². The molecule has 1 heterocycles. The highest BCUT2D eigenvalue weighted by molar-refractivity contribution is 6.12. The van der Waals surface area contributed by atoms with Gasteiger partial charge in [-0.15, -0.1) is 0 Å². The van der Waals surface area contributed by atoms with Crippen LogP contribution in [0.5, 0.6) is 0 Å². The number of fused-ring (bicyclic) bond motifs is 2. The molecule has 92 valence electrons. The van der Waals surface area contributed by atoms with Crippen LogP contribution in [0.15, 0.2) is 54.6 Å². The summed E-state index contributed by atoms with van der Waals surface area (Å²) >= 11 is 5.11. The molecule has 0 spiro atoms. The van der Waals surface area contributed by atoms with Gasteiger partial charge >= 0.3 is 0 Å². The Morgan fingerprint density at radius 2 is 1.22 bits per heavy atom. The zero-order valence-electron chi connectivity index (χ0n) is 10.5. The van der Waals surface area contributed by atoms with Crippen molar-refractivity contribution >= 4 is 33.6 Å². The average molecular weight is 259 g/mol. The van der Waals surface area contributed by atoms with Gasteiger partial charge in [0.15, 0.2) is 0 Å². The standard InChI is InChI=1S/C13H9N.C2H6ClN/c1-3-7-12-10(5-1)9-11-6-2-4-8-13(11)14-12;1-4(2)3/h1-9H;1-2H3. The third-order valence-corrected chi connectivity index (χ3v) is 2.43. The average Bonchev–Trinajstić information content (AvgIpc) is 2.35. The molecule has 0 N–H and O–H groups in total. The Morgan fingerprint density at radius 1 is 0.833 bits per heavy atom. The number of halogens is 1. The minimum Gasteiger partial charge on any atom is -0.248 e. The number of pyridine rings is 1. The molecule has 18 heavy (non-hydrogen) atoms. The van der Waals surface area contributed by atoms with Gasteiger partial charge in [-0.2, -0.15) is 0 Å². The molecular formula is C15H15ClN2. The number of hydrogen-bond acceptors (Lipinski definition) is 2. The van der Waals surface area contributed by atoms with Crippen molar-refractivity contribution in [3.05, 3.63) is 54.6 Å². The minimum atomic E-state index is 1.06. The topological polar surface area (TPSA) is 16.1 Å². The molecule has 0 aliphatic heterocycles. The Kier molecular flexibility index (Phi) is 4.13. The van der Waals surface area contributed by atoms with Crippen molar-refractivity contribution in [1.29, 1.82) is 0 Å². The van der Waals surface area contributed by atoms with Crippen LogP contribution in [0, 0.1) is 0 Å². The van der Waals surface area contributed by atoms with Gasteiger partial charge in [-0.05, 0) is 30.0 Å². The number of benzene rings is 2. The Hall–Kier alpha value is -1.64. The first-order valence-electron chi connectivity index (χ1n) is 5.74. The van der Waals surface area contributed by atoms with Gasteiger partial charge in [0.2, 0.25) is 0 Å². The number of aromatic nitrogens is 1. The van der Waals surface area contributed by atoms with E-state index in [0.717, 1.165) is 11.0 Å². The normalized spacial score (nSPS) is 10.4. The predicted octanol–water partition coefficient (Wildman–Crippen LogP) is 4.09. The van der Waals surface area contributed by atoms with Crippen molar-refractivity contribution in [2.75, 3.05) is 14.1 Å². The van der Waals surface area contributed by atoms with Gasteiger partial charge in [0, 0.05) is 24.9 Å². The van der Waals surface area contributed by atoms with E-state index >= 15 is 0 Å². The van der Waals surface area contributed by atoms with E-state index in [-0.39, 0.29) is 0 Å². The highest BCUT2D eigenvalue weighted by atomic mass is 35.5. The first kappa shape index (κ1) is 12.8. The van der Waals surface area contributed by atoms with Gasteiger partial charge in [0.05, 0.1) is 11.0 Å². The Balaban J connectivity index is 0.000000267. The molecular weight excluding hydrogens is 244 g/mol. The molecule has 0 fully saturated rings. The summed E-state index contributed by atoms with van der Waals surface area (Å²) in [4.78, 5) is 4.58. The van der Waals surface area contributed by atoms with E-state index in [1.165, 1.54) is 15.2 Å². The molecule has 0 amide bonds. The molecule has 0 aliphatic rings. The molecule has 0 radical (unpaired) electrons. The number of para-hydroxylation sites is 2. The maximum absolute atomic E-state index is 5.11. The van der Waals surface area contributed by atoms with E-state index in [2.05, 4.69) is 23.2 Å². The summed E-state index contributed by atoms with van der Waals surface area (Å²) < 4.78 is 1.47. The summed E-state index contributed by atoms with van der Waals surface area (Å²) in [5, 5.41) is 2.40. The van der Waals surface area contributed by atoms with E-state index in [4.69, 9.17) is 11.8 Å². The van der Waals surface area contributed by atoms with Gasteiger partial charge < -0.3 is 0 Å². The van der Waals surface area contributed by atoms with Crippen molar-refractivity contribution < 1.29 is 0 Å². The van der Waals surface area contributed by atoms with Crippen molar-refractivity contribution in [1.82, 2.24) is 9.40 Å². The van der Waals surface area contributed by atoms with Gasteiger partial charge in [0.25, 0.3) is 0 Å². The lowest BCUT2D eigenvalue weighted by Crippen LogP contribution is -1.89. The van der Waals surface area contributed by atoms with Crippen LogP contribution in [-0.4, -0.2) is 23.5 Å². The van der Waals surface area contributed by atoms with Crippen LogP contribution in [0.1, 0.15) is 0 Å². The molecule has 3 heteroatoms. The van der Waals surface area contributed by atoms with Crippen molar-refractivity contribution in [2.24, 2.45) is 0 Å². The van der Waals surface area contributed by atoms with Crippen LogP contribution in [0.2, 0.25) is 0 Å². The quantitative estimate of drug-likeness (QED) is 0.446. The minimum absolute atomic E-state index is 1.06. The van der Waals surface area contributed by atoms with E-state index in [9.17, 15) is 0 Å². The van der Waals surface area contributed by atoms with Gasteiger partial charge in [-0.25, -0.2) is 9.40 Å². The molecule has 0 saturated carbocycles. The van der Waals surface area contributed by atoms with Gasteiger partial charge in [0.1, 0.15) is 0 Å². The van der Waals surface area contributed by atoms with Crippen LogP contribution in [0.3, 0.4) is 0 Å². The molecule has 2 aromatic carbocycles. The Bertz CT molecular complexity index is 542. The Labute approximate surface area is 112 Å². The fourth-order valence-electron chi connectivity index (χ4n) is 1.72. The molecule has 0 bridgehead atoms. The van der Waals surface area contributed by atoms with E-state index < -0.39 is 0 Å². The monoisotopic (exact) mass is 258 g/mol. The molecule has 0 aliphatic carbocycles. The number of rotatable bonds is 0. The van der Waals surface area contributed by atoms with Crippen molar-refractivity contribution in [2.45, 2.75) is 0 Å². The summed E-state index contributed by atoms with van der Waals surface area (Å²) in [7, 11) is 3.53. The lowest BCUT2D eigenvalue weighted by atomic mass is 10.1. The van der Waals surface area contributed by atoms with Gasteiger partial charge in [-0.3, -0.25) is 0 Å². The Morgan fingerprint density at radius 3 is 1.67 bits per heavy atom. The second-order valence-corrected chi connectivity index (χ2v) is 4.84. The molecule has 0 atom stereocenters. The van der Waals surface area contributed by atoms with E-state index in [0.29, 0.717) is 0 Å². The zero-order valence-corrected chi connectivity index (χ0v) is 11.2. The third kappa shape index (κ3) is 3.19. The van der Waals surface area contributed by atoms with Gasteiger partial charge in [-0.1, -0.05) is 36.4 Å². The summed E-state index contributed by atoms with van der Waals surface area (Å²) in [6.45, 7) is 0. The second-order valence-electron chi connectivity index (χ2n) is 4.16. The number of nitrogens with zero attached hydrogens (tertiary/aromatic N) is 2. The smallest absolute Gasteiger partial charge is 0.0709 e. The van der Waals surface area contributed by atoms with Crippen LogP contribution < -0.4 is 0 Å². The molecule has 0 saturated heterocycles. The second kappa shape index (κ2) is 5.80. The van der Waals surface area contributed by atoms with E-state index in [1.54, 1.807) is 14.1 Å². The third-order valence-electron chi connectivity index (χ3n) is 2.43. The summed E-state index contributed by atoms with van der Waals surface area (Å²) in [5.74, 6) is 0. The SMILES string of the molecule is CN(C)Cl.c1ccc2nc3ccccc3cc2c1. The lowest BCUT2D eigenvalue weighted by Gasteiger charge is -1.99. The molecule has 3 aromatic rings. The van der Waals surface area contributed by atoms with Crippen molar-refractivity contribution in [3.63, 3.8) is 0 Å². The summed E-state index contributed by atoms with van der Waals surface area (Å²) in [6.07, 6.45) is 0. The largest absolute Gasteiger partial charge is 0.248 e. The van der Waals surface area contributed by atoms with Crippen LogP contribution >= 0.6 is 11.8 Å². The highest BCUT2D eigenvalue weighted by Gasteiger charge is 1.96. The van der Waals surface area contributed by atoms with Crippen LogP contribution in [0.25, 0.3) is 21.8 Å².